The summed E-state index contributed by atoms with van der Waals surface area (Å²) in [5, 5.41) is 9.73. The molecule has 3 atom stereocenters. The zero-order valence-corrected chi connectivity index (χ0v) is 33.4. The van der Waals surface area contributed by atoms with Crippen molar-refractivity contribution in [3.05, 3.63) is 118 Å². The Balaban J connectivity index is 1.13. The average Bonchev–Trinajstić information content (AvgIpc) is 3.97. The molecule has 0 bridgehead atoms. The maximum atomic E-state index is 15.7. The Hall–Kier alpha value is -6.11. The van der Waals surface area contributed by atoms with Gasteiger partial charge in [0.1, 0.15) is 23.9 Å². The van der Waals surface area contributed by atoms with Gasteiger partial charge in [-0.2, -0.15) is 32.0 Å². The molecule has 9 rings (SSSR count). The fourth-order valence-corrected chi connectivity index (χ4v) is 9.62. The van der Waals surface area contributed by atoms with Gasteiger partial charge in [-0.1, -0.05) is 37.3 Å². The van der Waals surface area contributed by atoms with Crippen LogP contribution in [0.4, 0.5) is 41.6 Å². The lowest BCUT2D eigenvalue weighted by atomic mass is 9.91. The van der Waals surface area contributed by atoms with Gasteiger partial charge in [0.25, 0.3) is 11.8 Å². The number of thiazole rings is 1. The minimum absolute atomic E-state index is 0.0883. The minimum Gasteiger partial charge on any atom is -0.368 e. The van der Waals surface area contributed by atoms with Gasteiger partial charge < -0.3 is 20.4 Å². The van der Waals surface area contributed by atoms with E-state index in [1.54, 1.807) is 30.6 Å². The number of hydrogen-bond donors (Lipinski definition) is 2. The van der Waals surface area contributed by atoms with E-state index in [4.69, 9.17) is 9.97 Å². The number of fused-ring (bicyclic) bond motifs is 3. The first-order valence-corrected chi connectivity index (χ1v) is 20.3. The van der Waals surface area contributed by atoms with Crippen LogP contribution in [0.3, 0.4) is 0 Å². The van der Waals surface area contributed by atoms with Gasteiger partial charge in [0.05, 0.1) is 16.4 Å². The molecule has 2 aromatic carbocycles. The van der Waals surface area contributed by atoms with Crippen molar-refractivity contribution in [3.8, 4) is 11.1 Å². The first-order chi connectivity index (χ1) is 29.1. The molecular weight excluding hydrogens is 828 g/mol. The van der Waals surface area contributed by atoms with Crippen molar-refractivity contribution < 1.29 is 40.3 Å². The molecule has 19 heteroatoms. The number of nitrogens with one attached hydrogen (secondary N) is 2. The van der Waals surface area contributed by atoms with Crippen LogP contribution in [0.15, 0.2) is 67.0 Å². The van der Waals surface area contributed by atoms with Crippen LogP contribution in [0, 0.1) is 17.6 Å². The van der Waals surface area contributed by atoms with Crippen LogP contribution < -0.4 is 20.4 Å². The van der Waals surface area contributed by atoms with E-state index in [1.165, 1.54) is 18.3 Å². The molecule has 1 aliphatic carbocycles. The van der Waals surface area contributed by atoms with Gasteiger partial charge in [0.15, 0.2) is 16.5 Å². The Morgan fingerprint density at radius 2 is 1.64 bits per heavy atom. The van der Waals surface area contributed by atoms with Crippen molar-refractivity contribution in [3.63, 3.8) is 0 Å². The number of carbonyl (C=O) groups excluding carboxylic acids is 2. The largest absolute Gasteiger partial charge is 0.435 e. The molecule has 11 nitrogen and oxygen atoms in total. The van der Waals surface area contributed by atoms with E-state index < -0.39 is 71.0 Å². The minimum atomic E-state index is -5.08. The molecule has 2 N–H and O–H groups in total. The predicted octanol–water partition coefficient (Wildman–Crippen LogP) is 7.76. The summed E-state index contributed by atoms with van der Waals surface area (Å²) in [5.74, 6) is -9.58. The number of nitrogens with zero attached hydrogens (tertiary/aromatic N) is 7. The van der Waals surface area contributed by atoms with Crippen molar-refractivity contribution >= 4 is 44.3 Å². The van der Waals surface area contributed by atoms with Crippen LogP contribution in [-0.2, 0) is 36.4 Å². The molecule has 6 heterocycles. The molecule has 0 radical (unpaired) electrons. The van der Waals surface area contributed by atoms with Gasteiger partial charge in [-0.15, -0.1) is 0 Å². The average molecular weight is 864 g/mol. The van der Waals surface area contributed by atoms with E-state index >= 15 is 8.78 Å². The standard InChI is InChI=1S/C42H36F7N9O2S/c1-21-22(2)41(45,46)37-34(21)36(42(47,48)49)55-58(37)20-33(59)52-31(16-23-14-24(43)17-25(44)15-23)35-29(27-4-3-5-28-30(27)19-51-39(28)60)18-32-38(53-35)54-40(61-32)57-12-10-56(11-13-57)26-6-8-50-9-7-26/h3-9,14-15,17-18,21-22,31H,10-13,16,19-20H2,1-2H3,(H,51,60)(H,52,59)/t21-,22+,31-/m0/s1. The lowest BCUT2D eigenvalue weighted by molar-refractivity contribution is -0.143. The second-order valence-electron chi connectivity index (χ2n) is 15.5. The molecule has 2 aliphatic heterocycles. The summed E-state index contributed by atoms with van der Waals surface area (Å²) in [6.07, 6.45) is -1.90. The summed E-state index contributed by atoms with van der Waals surface area (Å²) < 4.78 is 104. The van der Waals surface area contributed by atoms with Crippen LogP contribution in [0.1, 0.15) is 69.9 Å². The van der Waals surface area contributed by atoms with E-state index in [0.29, 0.717) is 69.0 Å². The molecule has 4 aromatic heterocycles. The van der Waals surface area contributed by atoms with E-state index in [1.807, 2.05) is 18.2 Å². The van der Waals surface area contributed by atoms with Crippen LogP contribution in [0.2, 0.25) is 0 Å². The highest BCUT2D eigenvalue weighted by Gasteiger charge is 2.57. The normalized spacial score (nSPS) is 18.9. The number of rotatable bonds is 9. The summed E-state index contributed by atoms with van der Waals surface area (Å²) >= 11 is 1.38. The lowest BCUT2D eigenvalue weighted by Crippen LogP contribution is -2.46. The monoisotopic (exact) mass is 863 g/mol. The van der Waals surface area contributed by atoms with E-state index in [0.717, 1.165) is 24.7 Å². The van der Waals surface area contributed by atoms with Gasteiger partial charge in [-0.25, -0.2) is 13.8 Å². The maximum Gasteiger partial charge on any atom is 0.435 e. The number of alkyl halides is 5. The number of carbonyl (C=O) groups is 2. The van der Waals surface area contributed by atoms with Gasteiger partial charge in [0.2, 0.25) is 5.91 Å². The molecule has 0 saturated carbocycles. The number of pyridine rings is 2. The van der Waals surface area contributed by atoms with Crippen LogP contribution >= 0.6 is 11.3 Å². The van der Waals surface area contributed by atoms with Gasteiger partial charge in [0, 0.05) is 79.5 Å². The van der Waals surface area contributed by atoms with E-state index in [2.05, 4.69) is 30.5 Å². The predicted molar refractivity (Wildman–Crippen MR) is 212 cm³/mol. The van der Waals surface area contributed by atoms with Crippen LogP contribution in [-0.4, -0.2) is 62.7 Å². The van der Waals surface area contributed by atoms with E-state index in [-0.39, 0.29) is 35.8 Å². The summed E-state index contributed by atoms with van der Waals surface area (Å²) in [6, 6.07) is 12.4. The maximum absolute atomic E-state index is 15.7. The summed E-state index contributed by atoms with van der Waals surface area (Å²) in [6.45, 7) is 4.21. The molecule has 0 spiro atoms. The molecule has 6 aromatic rings. The molecule has 0 unspecified atom stereocenters. The van der Waals surface area contributed by atoms with Gasteiger partial charge in [-0.3, -0.25) is 19.3 Å². The smallest absolute Gasteiger partial charge is 0.368 e. The number of hydrogen-bond acceptors (Lipinski definition) is 9. The first-order valence-electron chi connectivity index (χ1n) is 19.5. The van der Waals surface area contributed by atoms with Gasteiger partial charge in [-0.05, 0) is 65.4 Å². The lowest BCUT2D eigenvalue weighted by Gasteiger charge is -2.35. The van der Waals surface area contributed by atoms with Crippen molar-refractivity contribution in [2.24, 2.45) is 5.92 Å². The summed E-state index contributed by atoms with van der Waals surface area (Å²) in [5.41, 5.74) is 0.457. The Morgan fingerprint density at radius 1 is 0.951 bits per heavy atom. The Kier molecular flexibility index (Phi) is 9.98. The summed E-state index contributed by atoms with van der Waals surface area (Å²) in [4.78, 5) is 45.2. The van der Waals surface area contributed by atoms with Crippen LogP contribution in [0.5, 0.6) is 0 Å². The highest BCUT2D eigenvalue weighted by Crippen LogP contribution is 2.55. The highest BCUT2D eigenvalue weighted by atomic mass is 32.1. The molecule has 316 valence electrons. The van der Waals surface area contributed by atoms with Crippen molar-refractivity contribution in [2.45, 2.75) is 57.4 Å². The fourth-order valence-electron chi connectivity index (χ4n) is 8.62. The Bertz CT molecular complexity index is 2680. The third-order valence-corrected chi connectivity index (χ3v) is 12.8. The third-order valence-electron chi connectivity index (χ3n) is 11.8. The summed E-state index contributed by atoms with van der Waals surface area (Å²) in [7, 11) is 0. The topological polar surface area (TPSA) is 121 Å². The number of benzene rings is 2. The zero-order chi connectivity index (χ0) is 43.0. The van der Waals surface area contributed by atoms with Crippen LogP contribution in [0.25, 0.3) is 21.5 Å². The molecular formula is C42H36F7N9O2S. The van der Waals surface area contributed by atoms with E-state index in [9.17, 15) is 31.5 Å². The van der Waals surface area contributed by atoms with Crippen molar-refractivity contribution in [1.82, 2.24) is 35.4 Å². The molecule has 3 aliphatic rings. The van der Waals surface area contributed by atoms with Gasteiger partial charge >= 0.3 is 6.18 Å². The fraction of sp³-hybridized carbons (Fsp3) is 0.333. The first kappa shape index (κ1) is 40.3. The Morgan fingerprint density at radius 3 is 2.34 bits per heavy atom. The number of amides is 2. The number of halogens is 7. The number of anilines is 2. The van der Waals surface area contributed by atoms with Crippen molar-refractivity contribution in [2.75, 3.05) is 36.0 Å². The Labute approximate surface area is 347 Å². The van der Waals surface area contributed by atoms with Crippen molar-refractivity contribution in [1.29, 1.82) is 0 Å². The molecule has 1 fully saturated rings. The molecule has 1 saturated heterocycles. The SMILES string of the molecule is C[C@@H]1c2c(C(F)(F)F)nn(CC(=O)N[C@@H](Cc3cc(F)cc(F)c3)c3nc4nc(N5CCN(c6ccncc6)CC5)sc4cc3-c3cccc4c3CNC4=O)c2C(F)(F)[C@@H]1C. The number of aromatic nitrogens is 5. The number of piperazine rings is 1. The quantitative estimate of drug-likeness (QED) is 0.142. The second kappa shape index (κ2) is 15.1. The third kappa shape index (κ3) is 7.31. The zero-order valence-electron chi connectivity index (χ0n) is 32.5. The second-order valence-corrected chi connectivity index (χ2v) is 16.5. The molecule has 2 amide bonds. The highest BCUT2D eigenvalue weighted by molar-refractivity contribution is 7.22. The molecule has 61 heavy (non-hydrogen) atoms.